The van der Waals surface area contributed by atoms with E-state index in [1.165, 1.54) is 0 Å². The van der Waals surface area contributed by atoms with Gasteiger partial charge in [0.05, 0.1) is 21.5 Å². The molecule has 0 aliphatic carbocycles. The van der Waals surface area contributed by atoms with Crippen LogP contribution in [0, 0.1) is 11.6 Å². The van der Waals surface area contributed by atoms with Crippen molar-refractivity contribution in [3.05, 3.63) is 61.3 Å². The highest BCUT2D eigenvalue weighted by molar-refractivity contribution is 7.99. The first-order valence-electron chi connectivity index (χ1n) is 8.33. The van der Waals surface area contributed by atoms with E-state index in [4.69, 9.17) is 16.7 Å². The third kappa shape index (κ3) is 4.23. The largest absolute Gasteiger partial charge is 0.417 e. The summed E-state index contributed by atoms with van der Waals surface area (Å²) in [4.78, 5) is 27.8. The SMILES string of the molecule is O=c1[nH]c(=O)c2cc(C(F)(F)F)c(-c3cc(Cl)c(F)cc3F)c(SCCCO)c2[nH]1. The summed E-state index contributed by atoms with van der Waals surface area (Å²) < 4.78 is 69.8. The van der Waals surface area contributed by atoms with Gasteiger partial charge in [-0.1, -0.05) is 11.6 Å². The number of aliphatic hydroxyl groups is 1. The number of aromatic nitrogens is 2. The fraction of sp³-hybridized carbons (Fsp3) is 0.222. The van der Waals surface area contributed by atoms with Gasteiger partial charge in [0.1, 0.15) is 11.6 Å². The molecule has 30 heavy (non-hydrogen) atoms. The van der Waals surface area contributed by atoms with Crippen LogP contribution in [0.25, 0.3) is 22.0 Å². The Morgan fingerprint density at radius 2 is 1.77 bits per heavy atom. The molecule has 0 saturated carbocycles. The van der Waals surface area contributed by atoms with Crippen LogP contribution in [0.2, 0.25) is 5.02 Å². The molecule has 0 aliphatic rings. The van der Waals surface area contributed by atoms with E-state index in [1.807, 2.05) is 4.98 Å². The van der Waals surface area contributed by atoms with E-state index in [1.54, 1.807) is 0 Å². The first-order chi connectivity index (χ1) is 14.0. The van der Waals surface area contributed by atoms with Crippen molar-refractivity contribution in [3.63, 3.8) is 0 Å². The molecule has 2 aromatic carbocycles. The molecular weight excluding hydrogens is 455 g/mol. The number of benzene rings is 2. The minimum absolute atomic E-state index is 0.0886. The summed E-state index contributed by atoms with van der Waals surface area (Å²) in [5, 5.41) is 7.93. The van der Waals surface area contributed by atoms with E-state index in [-0.39, 0.29) is 29.2 Å². The maximum atomic E-state index is 14.6. The second-order valence-corrected chi connectivity index (χ2v) is 7.64. The van der Waals surface area contributed by atoms with Crippen LogP contribution in [-0.2, 0) is 6.18 Å². The van der Waals surface area contributed by atoms with Gasteiger partial charge < -0.3 is 10.1 Å². The van der Waals surface area contributed by atoms with E-state index >= 15 is 0 Å². The average molecular weight is 467 g/mol. The predicted octanol–water partition coefficient (Wildman–Crippen LogP) is 4.31. The second-order valence-electron chi connectivity index (χ2n) is 6.13. The Hall–Kier alpha value is -2.37. The zero-order valence-corrected chi connectivity index (χ0v) is 16.4. The van der Waals surface area contributed by atoms with Gasteiger partial charge in [-0.3, -0.25) is 9.78 Å². The second kappa shape index (κ2) is 8.40. The van der Waals surface area contributed by atoms with Crippen molar-refractivity contribution in [2.24, 2.45) is 0 Å². The van der Waals surface area contributed by atoms with Gasteiger partial charge in [-0.2, -0.15) is 13.2 Å². The van der Waals surface area contributed by atoms with Crippen molar-refractivity contribution >= 4 is 34.3 Å². The van der Waals surface area contributed by atoms with Gasteiger partial charge in [-0.15, -0.1) is 11.8 Å². The molecule has 5 nitrogen and oxygen atoms in total. The lowest BCUT2D eigenvalue weighted by atomic mass is 9.96. The number of nitrogens with one attached hydrogen (secondary N) is 2. The number of aromatic amines is 2. The first-order valence-corrected chi connectivity index (χ1v) is 9.70. The first kappa shape index (κ1) is 22.3. The fourth-order valence-electron chi connectivity index (χ4n) is 2.86. The van der Waals surface area contributed by atoms with Crippen LogP contribution in [0.3, 0.4) is 0 Å². The van der Waals surface area contributed by atoms with Crippen molar-refractivity contribution in [2.75, 3.05) is 12.4 Å². The summed E-state index contributed by atoms with van der Waals surface area (Å²) >= 11 is 6.45. The van der Waals surface area contributed by atoms with Crippen molar-refractivity contribution < 1.29 is 27.1 Å². The number of aliphatic hydroxyl groups excluding tert-OH is 1. The Bertz CT molecular complexity index is 1240. The van der Waals surface area contributed by atoms with Gasteiger partial charge in [0.25, 0.3) is 5.56 Å². The third-order valence-electron chi connectivity index (χ3n) is 4.13. The van der Waals surface area contributed by atoms with Crippen LogP contribution in [0.15, 0.2) is 32.7 Å². The lowest BCUT2D eigenvalue weighted by molar-refractivity contribution is -0.137. The number of thioether (sulfide) groups is 1. The fourth-order valence-corrected chi connectivity index (χ4v) is 4.18. The van der Waals surface area contributed by atoms with Crippen molar-refractivity contribution in [3.8, 4) is 11.1 Å². The van der Waals surface area contributed by atoms with E-state index in [0.717, 1.165) is 11.8 Å². The van der Waals surface area contributed by atoms with Gasteiger partial charge in [0, 0.05) is 34.4 Å². The summed E-state index contributed by atoms with van der Waals surface area (Å²) in [7, 11) is 0. The summed E-state index contributed by atoms with van der Waals surface area (Å²) in [6, 6.07) is 1.56. The van der Waals surface area contributed by atoms with E-state index in [9.17, 15) is 31.5 Å². The summed E-state index contributed by atoms with van der Waals surface area (Å²) in [6.45, 7) is -0.271. The zero-order valence-electron chi connectivity index (χ0n) is 14.8. The maximum absolute atomic E-state index is 14.6. The van der Waals surface area contributed by atoms with Crippen LogP contribution in [0.5, 0.6) is 0 Å². The van der Waals surface area contributed by atoms with E-state index in [2.05, 4.69) is 4.98 Å². The molecule has 160 valence electrons. The van der Waals surface area contributed by atoms with Crippen LogP contribution < -0.4 is 11.2 Å². The van der Waals surface area contributed by atoms with Gasteiger partial charge in [-0.05, 0) is 18.6 Å². The third-order valence-corrected chi connectivity index (χ3v) is 5.60. The Morgan fingerprint density at radius 3 is 2.40 bits per heavy atom. The molecule has 0 unspecified atom stereocenters. The number of hydrogen-bond acceptors (Lipinski definition) is 4. The van der Waals surface area contributed by atoms with Crippen molar-refractivity contribution in [1.82, 2.24) is 9.97 Å². The highest BCUT2D eigenvalue weighted by Crippen LogP contribution is 2.46. The lowest BCUT2D eigenvalue weighted by Gasteiger charge is -2.20. The minimum Gasteiger partial charge on any atom is -0.396 e. The molecule has 3 rings (SSSR count). The summed E-state index contributed by atoms with van der Waals surface area (Å²) in [5.74, 6) is -2.38. The Morgan fingerprint density at radius 1 is 1.07 bits per heavy atom. The molecule has 0 bridgehead atoms. The lowest BCUT2D eigenvalue weighted by Crippen LogP contribution is -2.23. The minimum atomic E-state index is -5.02. The molecule has 0 aliphatic heterocycles. The molecule has 0 saturated heterocycles. The number of fused-ring (bicyclic) bond motifs is 1. The number of alkyl halides is 3. The van der Waals surface area contributed by atoms with Crippen LogP contribution in [-0.4, -0.2) is 27.4 Å². The molecule has 12 heteroatoms. The van der Waals surface area contributed by atoms with Crippen molar-refractivity contribution in [2.45, 2.75) is 17.5 Å². The average Bonchev–Trinajstić information content (AvgIpc) is 2.64. The number of H-pyrrole nitrogens is 2. The van der Waals surface area contributed by atoms with Gasteiger partial charge >= 0.3 is 11.9 Å². The highest BCUT2D eigenvalue weighted by atomic mass is 35.5. The Labute approximate surface area is 173 Å². The Kier molecular flexibility index (Phi) is 6.25. The van der Waals surface area contributed by atoms with Gasteiger partial charge in [0.15, 0.2) is 0 Å². The van der Waals surface area contributed by atoms with Gasteiger partial charge in [-0.25, -0.2) is 13.6 Å². The number of rotatable bonds is 5. The molecule has 0 spiro atoms. The molecule has 3 aromatic rings. The molecule has 1 heterocycles. The molecule has 3 N–H and O–H groups in total. The van der Waals surface area contributed by atoms with E-state index < -0.39 is 56.2 Å². The summed E-state index contributed by atoms with van der Waals surface area (Å²) in [6.07, 6.45) is -4.85. The van der Waals surface area contributed by atoms with Crippen LogP contribution in [0.4, 0.5) is 22.0 Å². The quantitative estimate of drug-likeness (QED) is 0.226. The molecule has 0 fully saturated rings. The monoisotopic (exact) mass is 466 g/mol. The normalized spacial score (nSPS) is 12.0. The van der Waals surface area contributed by atoms with Gasteiger partial charge in [0.2, 0.25) is 0 Å². The number of hydrogen-bond donors (Lipinski definition) is 3. The standard InChI is InChI=1S/C18H12ClF5N2O3S/c19-10-5-7(11(20)6-12(10)21)13-9(18(22,23)24)4-8-14(15(13)30-3-1-2-27)25-17(29)26-16(8)28/h4-6,27H,1-3H2,(H2,25,26,28,29). The molecular formula is C18H12ClF5N2O3S. The summed E-state index contributed by atoms with van der Waals surface area (Å²) in [5.41, 5.74) is -4.98. The molecule has 0 radical (unpaired) electrons. The molecule has 1 aromatic heterocycles. The zero-order chi connectivity index (χ0) is 22.2. The molecule has 0 atom stereocenters. The topological polar surface area (TPSA) is 85.9 Å². The van der Waals surface area contributed by atoms with Crippen LogP contribution >= 0.6 is 23.4 Å². The molecule has 0 amide bonds. The predicted molar refractivity (Wildman–Crippen MR) is 103 cm³/mol. The van der Waals surface area contributed by atoms with Crippen molar-refractivity contribution in [1.29, 1.82) is 0 Å². The van der Waals surface area contributed by atoms with Crippen LogP contribution in [0.1, 0.15) is 12.0 Å². The Balaban J connectivity index is 2.52. The van der Waals surface area contributed by atoms with E-state index in [0.29, 0.717) is 18.2 Å². The smallest absolute Gasteiger partial charge is 0.396 e. The number of halogens is 6. The highest BCUT2D eigenvalue weighted by Gasteiger charge is 2.37. The maximum Gasteiger partial charge on any atom is 0.417 e.